The molecule has 4 aromatic heterocycles. The minimum absolute atomic E-state index is 0.00668. The molecule has 1 aromatic carbocycles. The van der Waals surface area contributed by atoms with Crippen LogP contribution < -0.4 is 5.32 Å². The number of nitrogens with zero attached hydrogens (tertiary/aromatic N) is 2. The number of rotatable bonds is 4. The van der Waals surface area contributed by atoms with Crippen LogP contribution in [0.15, 0.2) is 72.0 Å². The van der Waals surface area contributed by atoms with Gasteiger partial charge in [0.05, 0.1) is 16.8 Å². The summed E-state index contributed by atoms with van der Waals surface area (Å²) in [5, 5.41) is 6.70. The third kappa shape index (κ3) is 3.24. The lowest BCUT2D eigenvalue weighted by Gasteiger charge is -2.27. The molecule has 8 rings (SSSR count). The van der Waals surface area contributed by atoms with Crippen molar-refractivity contribution in [2.45, 2.75) is 18.8 Å². The molecule has 9 heteroatoms. The number of ketones is 1. The van der Waals surface area contributed by atoms with E-state index in [1.165, 1.54) is 11.3 Å². The van der Waals surface area contributed by atoms with Crippen LogP contribution in [0.1, 0.15) is 43.3 Å². The molecule has 8 nitrogen and oxygen atoms in total. The molecule has 2 amide bonds. The van der Waals surface area contributed by atoms with Gasteiger partial charge in [-0.15, -0.1) is 11.3 Å². The van der Waals surface area contributed by atoms with E-state index in [2.05, 4.69) is 32.6 Å². The zero-order chi connectivity index (χ0) is 27.2. The third-order valence-electron chi connectivity index (χ3n) is 8.44. The Morgan fingerprint density at radius 2 is 2.12 bits per heavy atom. The van der Waals surface area contributed by atoms with Crippen molar-refractivity contribution in [3.8, 4) is 0 Å². The molecule has 2 fully saturated rings. The molecule has 1 saturated heterocycles. The number of pyridine rings is 1. The molecule has 2 atom stereocenters. The van der Waals surface area contributed by atoms with Gasteiger partial charge in [-0.25, -0.2) is 4.98 Å². The van der Waals surface area contributed by atoms with E-state index in [4.69, 9.17) is 0 Å². The number of fused-ring (bicyclic) bond motifs is 3. The van der Waals surface area contributed by atoms with E-state index in [1.807, 2.05) is 36.4 Å². The first-order valence-electron chi connectivity index (χ1n) is 13.1. The topological polar surface area (TPSA) is 111 Å². The number of allylic oxidation sites excluding steroid dienone is 2. The number of carbonyl (C=O) groups excluding carboxylic acids is 3. The van der Waals surface area contributed by atoms with Crippen LogP contribution in [0.5, 0.6) is 0 Å². The molecular formula is C31H23N5O3S. The van der Waals surface area contributed by atoms with E-state index in [9.17, 15) is 14.4 Å². The van der Waals surface area contributed by atoms with Crippen molar-refractivity contribution in [2.24, 2.45) is 5.92 Å². The van der Waals surface area contributed by atoms with E-state index >= 15 is 0 Å². The minimum atomic E-state index is -0.263. The molecule has 40 heavy (non-hydrogen) atoms. The Morgan fingerprint density at radius 3 is 3.00 bits per heavy atom. The Hall–Kier alpha value is -4.76. The number of anilines is 1. The van der Waals surface area contributed by atoms with E-state index in [0.29, 0.717) is 29.5 Å². The molecule has 5 heterocycles. The maximum atomic E-state index is 13.4. The molecule has 3 aliphatic rings. The number of hydrogen-bond donors (Lipinski definition) is 3. The molecule has 3 N–H and O–H groups in total. The molecule has 0 bridgehead atoms. The van der Waals surface area contributed by atoms with Gasteiger partial charge in [0.15, 0.2) is 5.78 Å². The lowest BCUT2D eigenvalue weighted by Crippen LogP contribution is -2.32. The smallest absolute Gasteiger partial charge is 0.272 e. The van der Waals surface area contributed by atoms with Crippen LogP contribution in [0, 0.1) is 12.8 Å². The van der Waals surface area contributed by atoms with Crippen molar-refractivity contribution >= 4 is 62.6 Å². The van der Waals surface area contributed by atoms with Gasteiger partial charge in [-0.2, -0.15) is 0 Å². The van der Waals surface area contributed by atoms with Crippen molar-refractivity contribution < 1.29 is 14.4 Å². The third-order valence-corrected chi connectivity index (χ3v) is 9.55. The van der Waals surface area contributed by atoms with Gasteiger partial charge >= 0.3 is 0 Å². The normalized spacial score (nSPS) is 21.0. The van der Waals surface area contributed by atoms with Gasteiger partial charge in [-0.3, -0.25) is 14.4 Å². The number of amides is 2. The van der Waals surface area contributed by atoms with E-state index in [0.717, 1.165) is 50.0 Å². The number of benzene rings is 1. The Morgan fingerprint density at radius 1 is 1.25 bits per heavy atom. The highest BCUT2D eigenvalue weighted by atomic mass is 32.1. The average Bonchev–Trinajstić information content (AvgIpc) is 3.39. The summed E-state index contributed by atoms with van der Waals surface area (Å²) in [5.41, 5.74) is 6.27. The summed E-state index contributed by atoms with van der Waals surface area (Å²) in [4.78, 5) is 52.4. The van der Waals surface area contributed by atoms with Gasteiger partial charge < -0.3 is 20.2 Å². The summed E-state index contributed by atoms with van der Waals surface area (Å²) >= 11 is 1.51. The van der Waals surface area contributed by atoms with Gasteiger partial charge in [-0.05, 0) is 60.0 Å². The summed E-state index contributed by atoms with van der Waals surface area (Å²) in [6, 6.07) is 11.4. The Balaban J connectivity index is 1.04. The zero-order valence-electron chi connectivity index (χ0n) is 21.4. The number of carbonyl (C=O) groups is 3. The second-order valence-electron chi connectivity index (χ2n) is 10.8. The molecule has 1 spiro atoms. The molecule has 1 unspecified atom stereocenters. The van der Waals surface area contributed by atoms with Crippen molar-refractivity contribution in [2.75, 3.05) is 11.9 Å². The lowest BCUT2D eigenvalue weighted by molar-refractivity contribution is -0.123. The maximum absolute atomic E-state index is 13.4. The first-order chi connectivity index (χ1) is 19.4. The fraction of sp³-hybridized carbons (Fsp3) is 0.161. The van der Waals surface area contributed by atoms with Gasteiger partial charge in [0.1, 0.15) is 11.3 Å². The number of H-pyrrole nitrogens is 2. The number of aryl methyl sites for hydroxylation is 1. The minimum Gasteiger partial charge on any atom is -0.351 e. The molecule has 1 saturated carbocycles. The second kappa shape index (κ2) is 8.12. The number of aromatic nitrogens is 3. The lowest BCUT2D eigenvalue weighted by atomic mass is 9.84. The Labute approximate surface area is 232 Å². The fourth-order valence-electron chi connectivity index (χ4n) is 6.52. The van der Waals surface area contributed by atoms with Crippen LogP contribution in [-0.2, 0) is 10.2 Å². The van der Waals surface area contributed by atoms with Gasteiger partial charge in [0, 0.05) is 57.9 Å². The van der Waals surface area contributed by atoms with Crippen LogP contribution in [0.4, 0.5) is 5.69 Å². The molecule has 1 aliphatic heterocycles. The van der Waals surface area contributed by atoms with Crippen LogP contribution in [0.25, 0.3) is 28.0 Å². The molecule has 0 radical (unpaired) electrons. The number of likely N-dealkylation sites (tertiary alicyclic amines) is 1. The molecule has 2 aliphatic carbocycles. The van der Waals surface area contributed by atoms with Crippen molar-refractivity contribution in [3.63, 3.8) is 0 Å². The van der Waals surface area contributed by atoms with Crippen molar-refractivity contribution in [1.82, 2.24) is 19.9 Å². The number of thiophene rings is 1. The average molecular weight is 546 g/mol. The highest BCUT2D eigenvalue weighted by molar-refractivity contribution is 7.12. The molecular weight excluding hydrogens is 522 g/mol. The summed E-state index contributed by atoms with van der Waals surface area (Å²) in [5.74, 6) is -0.0571. The van der Waals surface area contributed by atoms with E-state index in [-0.39, 0.29) is 23.0 Å². The summed E-state index contributed by atoms with van der Waals surface area (Å²) < 4.78 is 0. The van der Waals surface area contributed by atoms with Crippen LogP contribution in [0.2, 0.25) is 0 Å². The van der Waals surface area contributed by atoms with E-state index in [1.54, 1.807) is 35.5 Å². The SMILES string of the molecule is Cc1csc2c1C13C[C@@H]1CN(C(=O)/C=C/c1c[nH]c4ncc(NC(=O)c5cc6ccccc6[nH]5)cc14)C3=CC2=O. The number of aromatic amines is 2. The zero-order valence-corrected chi connectivity index (χ0v) is 22.3. The highest BCUT2D eigenvalue weighted by Gasteiger charge is 2.67. The number of nitrogens with one attached hydrogen (secondary N) is 3. The van der Waals surface area contributed by atoms with Crippen LogP contribution in [-0.4, -0.2) is 44.0 Å². The van der Waals surface area contributed by atoms with Gasteiger partial charge in [0.2, 0.25) is 0 Å². The predicted octanol–water partition coefficient (Wildman–Crippen LogP) is 5.56. The van der Waals surface area contributed by atoms with Crippen LogP contribution >= 0.6 is 11.3 Å². The first-order valence-corrected chi connectivity index (χ1v) is 14.0. The number of piperidine rings is 1. The van der Waals surface area contributed by atoms with E-state index < -0.39 is 0 Å². The van der Waals surface area contributed by atoms with Crippen LogP contribution in [0.3, 0.4) is 0 Å². The fourth-order valence-corrected chi connectivity index (χ4v) is 7.57. The number of para-hydroxylation sites is 1. The van der Waals surface area contributed by atoms with Crippen molar-refractivity contribution in [3.05, 3.63) is 99.3 Å². The molecule has 5 aromatic rings. The summed E-state index contributed by atoms with van der Waals surface area (Å²) in [6.45, 7) is 2.68. The van der Waals surface area contributed by atoms with Crippen molar-refractivity contribution in [1.29, 1.82) is 0 Å². The summed E-state index contributed by atoms with van der Waals surface area (Å²) in [6.07, 6.45) is 9.37. The summed E-state index contributed by atoms with van der Waals surface area (Å²) in [7, 11) is 0. The van der Waals surface area contributed by atoms with Gasteiger partial charge in [-0.1, -0.05) is 18.2 Å². The molecule has 196 valence electrons. The Kier molecular flexibility index (Phi) is 4.70. The monoisotopic (exact) mass is 545 g/mol. The standard InChI is InChI=1S/C31H23N5O3S/c1-16-15-40-28-24(37)10-25-31(27(16)28)11-19(31)14-36(25)26(38)7-6-18-12-32-29-21(18)9-20(13-33-29)34-30(39)23-8-17-4-2-3-5-22(17)35-23/h2-10,12-13,15,19,35H,11,14H2,1H3,(H,32,33)(H,34,39)/b7-6+/t19-,31?/m1/s1. The predicted molar refractivity (Wildman–Crippen MR) is 154 cm³/mol. The largest absolute Gasteiger partial charge is 0.351 e. The Bertz CT molecular complexity index is 1960. The highest BCUT2D eigenvalue weighted by Crippen LogP contribution is 2.67. The number of hydrogen-bond acceptors (Lipinski definition) is 5. The second-order valence-corrected chi connectivity index (χ2v) is 11.6. The first kappa shape index (κ1) is 23.2. The maximum Gasteiger partial charge on any atom is 0.272 e. The quantitative estimate of drug-likeness (QED) is 0.257. The van der Waals surface area contributed by atoms with Gasteiger partial charge in [0.25, 0.3) is 11.8 Å².